The molecule has 2 aliphatic rings. The van der Waals surface area contributed by atoms with Gasteiger partial charge in [-0.1, -0.05) is 11.2 Å². The largest absolute Gasteiger partial charge is 0.433 e. The summed E-state index contributed by atoms with van der Waals surface area (Å²) >= 11 is 0. The molecule has 12 nitrogen and oxygen atoms in total. The number of anilines is 1. The topological polar surface area (TPSA) is 137 Å². The molecule has 5 rings (SSSR count). The standard InChI is InChI=1S/C25H23F3N8O4/c1-13-7-15(9-29-21(13)25(26,27)28)17-5-4-6-18(31-17)32-19(37)11-35-12-30-22-20(35)23(38)36(24(39)34(22)3)10-16-8-14(2)33-40-16/h4-9,12,20,22H,10-11H2,1-3H3,(H,31,32,37). The Hall–Kier alpha value is -4.82. The maximum atomic E-state index is 13.3. The Bertz CT molecular complexity index is 1520. The molecule has 0 bridgehead atoms. The first-order valence-electron chi connectivity index (χ1n) is 12.0. The maximum Gasteiger partial charge on any atom is 0.433 e. The highest BCUT2D eigenvalue weighted by Gasteiger charge is 2.50. The highest BCUT2D eigenvalue weighted by molar-refractivity contribution is 6.03. The number of nitrogens with one attached hydrogen (secondary N) is 1. The predicted octanol–water partition coefficient (Wildman–Crippen LogP) is 2.84. The van der Waals surface area contributed by atoms with Gasteiger partial charge in [0.2, 0.25) is 5.91 Å². The molecular formula is C25H23F3N8O4. The number of hydrogen-bond acceptors (Lipinski definition) is 9. The van der Waals surface area contributed by atoms with Gasteiger partial charge in [0.05, 0.1) is 30.8 Å². The van der Waals surface area contributed by atoms with Crippen molar-refractivity contribution in [2.24, 2.45) is 4.99 Å². The molecule has 0 spiro atoms. The molecule has 1 N–H and O–H groups in total. The van der Waals surface area contributed by atoms with Crippen LogP contribution < -0.4 is 5.32 Å². The number of aliphatic imine (C=N–C) groups is 1. The van der Waals surface area contributed by atoms with E-state index in [-0.39, 0.29) is 24.5 Å². The van der Waals surface area contributed by atoms with Crippen molar-refractivity contribution in [1.82, 2.24) is 29.8 Å². The van der Waals surface area contributed by atoms with E-state index in [1.807, 2.05) is 0 Å². The Labute approximate surface area is 225 Å². The molecule has 208 valence electrons. The monoisotopic (exact) mass is 556 g/mol. The fraction of sp³-hybridized carbons (Fsp3) is 0.320. The summed E-state index contributed by atoms with van der Waals surface area (Å²) < 4.78 is 44.3. The molecular weight excluding hydrogens is 533 g/mol. The van der Waals surface area contributed by atoms with Crippen LogP contribution in [-0.2, 0) is 22.3 Å². The van der Waals surface area contributed by atoms with Gasteiger partial charge in [-0.05, 0) is 37.6 Å². The lowest BCUT2D eigenvalue weighted by Crippen LogP contribution is -2.64. The van der Waals surface area contributed by atoms with Gasteiger partial charge in [0.25, 0.3) is 5.91 Å². The van der Waals surface area contributed by atoms with E-state index in [9.17, 15) is 27.6 Å². The Morgan fingerprint density at radius 3 is 2.62 bits per heavy atom. The Kier molecular flexibility index (Phi) is 6.73. The molecule has 4 amide bonds. The van der Waals surface area contributed by atoms with Crippen LogP contribution in [0.1, 0.15) is 22.7 Å². The van der Waals surface area contributed by atoms with Crippen LogP contribution in [0.4, 0.5) is 23.8 Å². The first kappa shape index (κ1) is 26.8. The lowest BCUT2D eigenvalue weighted by Gasteiger charge is -2.40. The number of alkyl halides is 3. The second-order valence-electron chi connectivity index (χ2n) is 9.39. The van der Waals surface area contributed by atoms with Gasteiger partial charge in [-0.2, -0.15) is 13.2 Å². The first-order valence-corrected chi connectivity index (χ1v) is 12.0. The molecule has 15 heteroatoms. The Morgan fingerprint density at radius 2 is 1.95 bits per heavy atom. The quantitative estimate of drug-likeness (QED) is 0.490. The highest BCUT2D eigenvalue weighted by Crippen LogP contribution is 2.32. The average Bonchev–Trinajstić information content (AvgIpc) is 3.50. The van der Waals surface area contributed by atoms with E-state index in [4.69, 9.17) is 4.52 Å². The van der Waals surface area contributed by atoms with E-state index in [0.717, 1.165) is 11.1 Å². The summed E-state index contributed by atoms with van der Waals surface area (Å²) in [6, 6.07) is 6.14. The average molecular weight is 557 g/mol. The van der Waals surface area contributed by atoms with Gasteiger partial charge in [0, 0.05) is 24.9 Å². The highest BCUT2D eigenvalue weighted by atomic mass is 19.4. The zero-order chi connectivity index (χ0) is 28.8. The van der Waals surface area contributed by atoms with Gasteiger partial charge < -0.3 is 19.6 Å². The number of nitrogens with zero attached hydrogens (tertiary/aromatic N) is 7. The van der Waals surface area contributed by atoms with Crippen LogP contribution in [0.3, 0.4) is 0 Å². The van der Waals surface area contributed by atoms with Gasteiger partial charge >= 0.3 is 12.2 Å². The van der Waals surface area contributed by atoms with Crippen LogP contribution in [-0.4, -0.2) is 79.8 Å². The van der Waals surface area contributed by atoms with E-state index in [2.05, 4.69) is 25.4 Å². The van der Waals surface area contributed by atoms with Crippen molar-refractivity contribution < 1.29 is 32.1 Å². The van der Waals surface area contributed by atoms with Crippen molar-refractivity contribution in [3.8, 4) is 11.3 Å². The number of urea groups is 1. The van der Waals surface area contributed by atoms with Gasteiger partial charge in [-0.15, -0.1) is 0 Å². The fourth-order valence-electron chi connectivity index (χ4n) is 4.57. The number of halogens is 3. The van der Waals surface area contributed by atoms with Gasteiger partial charge in [-0.25, -0.2) is 14.8 Å². The third kappa shape index (κ3) is 5.09. The van der Waals surface area contributed by atoms with E-state index < -0.39 is 41.9 Å². The number of rotatable bonds is 6. The summed E-state index contributed by atoms with van der Waals surface area (Å²) in [6.07, 6.45) is -2.96. The number of likely N-dealkylation sites (N-methyl/N-ethyl adjacent to an activating group) is 1. The number of aromatic nitrogens is 3. The molecule has 0 radical (unpaired) electrons. The maximum absolute atomic E-state index is 13.3. The number of carbonyl (C=O) groups excluding carboxylic acids is 3. The molecule has 1 fully saturated rings. The van der Waals surface area contributed by atoms with Crippen LogP contribution in [0, 0.1) is 13.8 Å². The second kappa shape index (κ2) is 10.1. The van der Waals surface area contributed by atoms with E-state index >= 15 is 0 Å². The summed E-state index contributed by atoms with van der Waals surface area (Å²) in [5.74, 6) is -0.586. The molecule has 2 unspecified atom stereocenters. The van der Waals surface area contributed by atoms with Crippen molar-refractivity contribution in [3.63, 3.8) is 0 Å². The van der Waals surface area contributed by atoms with E-state index in [1.54, 1.807) is 25.1 Å². The summed E-state index contributed by atoms with van der Waals surface area (Å²) in [5, 5.41) is 6.41. The molecule has 0 saturated carbocycles. The number of hydrogen-bond donors (Lipinski definition) is 1. The first-order chi connectivity index (χ1) is 18.9. The summed E-state index contributed by atoms with van der Waals surface area (Å²) in [4.78, 5) is 54.9. The molecule has 1 saturated heterocycles. The zero-order valence-electron chi connectivity index (χ0n) is 21.5. The molecule has 3 aromatic heterocycles. The SMILES string of the molecule is Cc1cc(CN2C(=O)C3C(N=CN3CC(=O)Nc3cccc(-c4cnc(C(F)(F)F)c(C)c4)n3)N(C)C2=O)on1. The van der Waals surface area contributed by atoms with Crippen LogP contribution in [0.2, 0.25) is 0 Å². The minimum Gasteiger partial charge on any atom is -0.359 e. The van der Waals surface area contributed by atoms with Crippen LogP contribution in [0.5, 0.6) is 0 Å². The molecule has 2 aliphatic heterocycles. The van der Waals surface area contributed by atoms with Crippen LogP contribution in [0.15, 0.2) is 46.0 Å². The predicted molar refractivity (Wildman–Crippen MR) is 134 cm³/mol. The van der Waals surface area contributed by atoms with Gasteiger partial charge in [0.15, 0.2) is 18.0 Å². The summed E-state index contributed by atoms with van der Waals surface area (Å²) in [7, 11) is 1.51. The molecule has 3 aromatic rings. The molecule has 0 aliphatic carbocycles. The van der Waals surface area contributed by atoms with Crippen molar-refractivity contribution >= 4 is 30.0 Å². The summed E-state index contributed by atoms with van der Waals surface area (Å²) in [5.41, 5.74) is 0.218. The van der Waals surface area contributed by atoms with Crippen LogP contribution in [0.25, 0.3) is 11.3 Å². The third-order valence-corrected chi connectivity index (χ3v) is 6.43. The minimum atomic E-state index is -4.57. The lowest BCUT2D eigenvalue weighted by molar-refractivity contribution is -0.141. The molecule has 5 heterocycles. The van der Waals surface area contributed by atoms with E-state index in [0.29, 0.717) is 22.7 Å². The number of carbonyl (C=O) groups is 3. The molecule has 40 heavy (non-hydrogen) atoms. The molecule has 2 atom stereocenters. The van der Waals surface area contributed by atoms with Gasteiger partial charge in [0.1, 0.15) is 11.5 Å². The van der Waals surface area contributed by atoms with Crippen molar-refractivity contribution in [3.05, 3.63) is 59.2 Å². The van der Waals surface area contributed by atoms with Crippen molar-refractivity contribution in [1.29, 1.82) is 0 Å². The number of aryl methyl sites for hydroxylation is 2. The zero-order valence-corrected chi connectivity index (χ0v) is 21.5. The smallest absolute Gasteiger partial charge is 0.359 e. The Morgan fingerprint density at radius 1 is 1.18 bits per heavy atom. The molecule has 0 aromatic carbocycles. The normalized spacial score (nSPS) is 18.9. The van der Waals surface area contributed by atoms with Crippen LogP contribution >= 0.6 is 0 Å². The van der Waals surface area contributed by atoms with Crippen molar-refractivity contribution in [2.75, 3.05) is 18.9 Å². The fourth-order valence-corrected chi connectivity index (χ4v) is 4.57. The summed E-state index contributed by atoms with van der Waals surface area (Å²) in [6.45, 7) is 2.62. The van der Waals surface area contributed by atoms with E-state index in [1.165, 1.54) is 42.2 Å². The lowest BCUT2D eigenvalue weighted by atomic mass is 10.1. The third-order valence-electron chi connectivity index (χ3n) is 6.43. The second-order valence-corrected chi connectivity index (χ2v) is 9.39. The minimum absolute atomic E-state index is 0.0581. The van der Waals surface area contributed by atoms with Gasteiger partial charge in [-0.3, -0.25) is 19.5 Å². The number of fused-ring (bicyclic) bond motifs is 1. The number of pyridine rings is 2. The Balaban J connectivity index is 1.28. The number of imide groups is 1. The van der Waals surface area contributed by atoms with Crippen molar-refractivity contribution in [2.45, 2.75) is 38.8 Å². The number of amides is 4.